The third kappa shape index (κ3) is 5.22. The summed E-state index contributed by atoms with van der Waals surface area (Å²) in [6.07, 6.45) is 4.95. The molecule has 2 rings (SSSR count). The molecule has 1 aromatic rings. The van der Waals surface area contributed by atoms with E-state index in [1.807, 2.05) is 24.3 Å². The zero-order chi connectivity index (χ0) is 16.2. The number of hydrogen-bond acceptors (Lipinski definition) is 3. The predicted molar refractivity (Wildman–Crippen MR) is 87.3 cm³/mol. The number of aliphatic hydroxyl groups is 1. The van der Waals surface area contributed by atoms with E-state index < -0.39 is 5.60 Å². The summed E-state index contributed by atoms with van der Waals surface area (Å²) in [7, 11) is 1.66. The Morgan fingerprint density at radius 3 is 2.73 bits per heavy atom. The number of urea groups is 1. The molecule has 0 bridgehead atoms. The van der Waals surface area contributed by atoms with Gasteiger partial charge in [0.25, 0.3) is 0 Å². The zero-order valence-electron chi connectivity index (χ0n) is 13.6. The first-order chi connectivity index (χ1) is 10.3. The van der Waals surface area contributed by atoms with Crippen LogP contribution in [-0.2, 0) is 0 Å². The highest BCUT2D eigenvalue weighted by atomic mass is 16.5. The average Bonchev–Trinajstić information content (AvgIpc) is 2.90. The van der Waals surface area contributed by atoms with E-state index >= 15 is 0 Å². The molecule has 0 aromatic heterocycles. The summed E-state index contributed by atoms with van der Waals surface area (Å²) in [5.41, 5.74) is -0.220. The molecule has 0 spiro atoms. The third-order valence-corrected chi connectivity index (χ3v) is 3.66. The minimum atomic E-state index is -0.917. The Bertz CT molecular complexity index is 505. The number of ether oxygens (including phenoxy) is 1. The number of amides is 2. The zero-order valence-corrected chi connectivity index (χ0v) is 13.6. The SMILES string of the molecule is CN(CC(C)(C)O)C(=O)Nc1cccc(OC2CCCC2)c1. The van der Waals surface area contributed by atoms with Crippen molar-refractivity contribution >= 4 is 11.7 Å². The van der Waals surface area contributed by atoms with Crippen LogP contribution < -0.4 is 10.1 Å². The monoisotopic (exact) mass is 306 g/mol. The van der Waals surface area contributed by atoms with E-state index in [2.05, 4.69) is 5.32 Å². The fourth-order valence-corrected chi connectivity index (χ4v) is 2.72. The van der Waals surface area contributed by atoms with Gasteiger partial charge in [0.1, 0.15) is 5.75 Å². The highest BCUT2D eigenvalue weighted by molar-refractivity contribution is 5.89. The lowest BCUT2D eigenvalue weighted by molar-refractivity contribution is 0.0550. The fraction of sp³-hybridized carbons (Fsp3) is 0.588. The summed E-state index contributed by atoms with van der Waals surface area (Å²) in [5.74, 6) is 0.787. The van der Waals surface area contributed by atoms with Gasteiger partial charge >= 0.3 is 6.03 Å². The largest absolute Gasteiger partial charge is 0.490 e. The second kappa shape index (κ2) is 7.01. The number of nitrogens with zero attached hydrogens (tertiary/aromatic N) is 1. The van der Waals surface area contributed by atoms with Crippen LogP contribution in [0.1, 0.15) is 39.5 Å². The lowest BCUT2D eigenvalue weighted by Crippen LogP contribution is -2.41. The molecule has 0 radical (unpaired) electrons. The van der Waals surface area contributed by atoms with Crippen molar-refractivity contribution in [2.75, 3.05) is 18.9 Å². The van der Waals surface area contributed by atoms with Crippen LogP contribution in [0.4, 0.5) is 10.5 Å². The second-order valence-electron chi connectivity index (χ2n) is 6.65. The van der Waals surface area contributed by atoms with Gasteiger partial charge in [-0.2, -0.15) is 0 Å². The Labute approximate surface area is 132 Å². The van der Waals surface area contributed by atoms with Crippen molar-refractivity contribution in [3.63, 3.8) is 0 Å². The number of benzene rings is 1. The molecule has 0 heterocycles. The quantitative estimate of drug-likeness (QED) is 0.878. The number of anilines is 1. The van der Waals surface area contributed by atoms with Crippen LogP contribution >= 0.6 is 0 Å². The number of nitrogens with one attached hydrogen (secondary N) is 1. The van der Waals surface area contributed by atoms with Gasteiger partial charge in [0, 0.05) is 18.8 Å². The molecule has 0 atom stereocenters. The van der Waals surface area contributed by atoms with Gasteiger partial charge in [0.15, 0.2) is 0 Å². The van der Waals surface area contributed by atoms with Gasteiger partial charge in [-0.15, -0.1) is 0 Å². The summed E-state index contributed by atoms with van der Waals surface area (Å²) in [6, 6.07) is 7.20. The van der Waals surface area contributed by atoms with Gasteiger partial charge in [0.2, 0.25) is 0 Å². The number of carbonyl (C=O) groups is 1. The Morgan fingerprint density at radius 1 is 1.41 bits per heavy atom. The molecule has 22 heavy (non-hydrogen) atoms. The van der Waals surface area contributed by atoms with Crippen molar-refractivity contribution in [3.8, 4) is 5.75 Å². The van der Waals surface area contributed by atoms with Crippen LogP contribution in [0.2, 0.25) is 0 Å². The number of carbonyl (C=O) groups excluding carboxylic acids is 1. The molecule has 1 aliphatic rings. The van der Waals surface area contributed by atoms with E-state index in [0.29, 0.717) is 11.8 Å². The molecule has 1 fully saturated rings. The first-order valence-electron chi connectivity index (χ1n) is 7.85. The van der Waals surface area contributed by atoms with Crippen molar-refractivity contribution in [3.05, 3.63) is 24.3 Å². The first kappa shape index (κ1) is 16.6. The standard InChI is InChI=1S/C17H26N2O3/c1-17(2,21)12-19(3)16(20)18-13-7-6-10-15(11-13)22-14-8-4-5-9-14/h6-7,10-11,14,21H,4-5,8-9,12H2,1-3H3,(H,18,20). The molecule has 5 heteroatoms. The lowest BCUT2D eigenvalue weighted by Gasteiger charge is -2.25. The van der Waals surface area contributed by atoms with E-state index in [0.717, 1.165) is 18.6 Å². The first-order valence-corrected chi connectivity index (χ1v) is 7.85. The number of likely N-dealkylation sites (N-methyl/N-ethyl adjacent to an activating group) is 1. The van der Waals surface area contributed by atoms with Crippen LogP contribution in [0.15, 0.2) is 24.3 Å². The van der Waals surface area contributed by atoms with E-state index in [-0.39, 0.29) is 12.6 Å². The summed E-state index contributed by atoms with van der Waals surface area (Å²) < 4.78 is 5.93. The molecule has 122 valence electrons. The average molecular weight is 306 g/mol. The molecule has 1 aromatic carbocycles. The van der Waals surface area contributed by atoms with Crippen molar-refractivity contribution < 1.29 is 14.6 Å². The van der Waals surface area contributed by atoms with Crippen LogP contribution in [0, 0.1) is 0 Å². The second-order valence-corrected chi connectivity index (χ2v) is 6.65. The Balaban J connectivity index is 1.93. The molecule has 5 nitrogen and oxygen atoms in total. The predicted octanol–water partition coefficient (Wildman–Crippen LogP) is 3.24. The molecule has 1 aliphatic carbocycles. The van der Waals surface area contributed by atoms with E-state index in [1.54, 1.807) is 20.9 Å². The van der Waals surface area contributed by atoms with Crippen LogP contribution in [-0.4, -0.2) is 41.3 Å². The van der Waals surface area contributed by atoms with Crippen LogP contribution in [0.5, 0.6) is 5.75 Å². The van der Waals surface area contributed by atoms with E-state index in [9.17, 15) is 9.90 Å². The van der Waals surface area contributed by atoms with Gasteiger partial charge in [-0.1, -0.05) is 6.07 Å². The van der Waals surface area contributed by atoms with Crippen molar-refractivity contribution in [1.82, 2.24) is 4.90 Å². The summed E-state index contributed by atoms with van der Waals surface area (Å²) in [5, 5.41) is 12.6. The maximum Gasteiger partial charge on any atom is 0.321 e. The Kier molecular flexibility index (Phi) is 5.29. The highest BCUT2D eigenvalue weighted by Gasteiger charge is 2.20. The summed E-state index contributed by atoms with van der Waals surface area (Å²) in [4.78, 5) is 13.6. The number of rotatable bonds is 5. The fourth-order valence-electron chi connectivity index (χ4n) is 2.72. The van der Waals surface area contributed by atoms with Crippen molar-refractivity contribution in [1.29, 1.82) is 0 Å². The van der Waals surface area contributed by atoms with Gasteiger partial charge < -0.3 is 20.1 Å². The van der Waals surface area contributed by atoms with Crippen molar-refractivity contribution in [2.24, 2.45) is 0 Å². The molecule has 0 saturated heterocycles. The van der Waals surface area contributed by atoms with Crippen LogP contribution in [0.25, 0.3) is 0 Å². The molecular weight excluding hydrogens is 280 g/mol. The van der Waals surface area contributed by atoms with Gasteiger partial charge in [-0.05, 0) is 51.7 Å². The Morgan fingerprint density at radius 2 is 2.09 bits per heavy atom. The normalized spacial score (nSPS) is 15.6. The topological polar surface area (TPSA) is 61.8 Å². The van der Waals surface area contributed by atoms with E-state index in [1.165, 1.54) is 17.7 Å². The lowest BCUT2D eigenvalue weighted by atomic mass is 10.1. The van der Waals surface area contributed by atoms with Gasteiger partial charge in [0.05, 0.1) is 18.2 Å². The summed E-state index contributed by atoms with van der Waals surface area (Å²) >= 11 is 0. The maximum absolute atomic E-state index is 12.1. The molecule has 0 aliphatic heterocycles. The number of hydrogen-bond donors (Lipinski definition) is 2. The molecule has 1 saturated carbocycles. The van der Waals surface area contributed by atoms with Crippen LogP contribution in [0.3, 0.4) is 0 Å². The molecular formula is C17H26N2O3. The minimum Gasteiger partial charge on any atom is -0.490 e. The highest BCUT2D eigenvalue weighted by Crippen LogP contribution is 2.25. The van der Waals surface area contributed by atoms with Gasteiger partial charge in [-0.3, -0.25) is 0 Å². The van der Waals surface area contributed by atoms with Gasteiger partial charge in [-0.25, -0.2) is 4.79 Å². The minimum absolute atomic E-state index is 0.250. The van der Waals surface area contributed by atoms with Crippen molar-refractivity contribution in [2.45, 2.75) is 51.2 Å². The van der Waals surface area contributed by atoms with E-state index in [4.69, 9.17) is 4.74 Å². The Hall–Kier alpha value is -1.75. The third-order valence-electron chi connectivity index (χ3n) is 3.66. The molecule has 2 amide bonds. The smallest absolute Gasteiger partial charge is 0.321 e. The molecule has 0 unspecified atom stereocenters. The molecule has 2 N–H and O–H groups in total. The summed E-state index contributed by atoms with van der Waals surface area (Å²) in [6.45, 7) is 3.61. The maximum atomic E-state index is 12.1.